The van der Waals surface area contributed by atoms with Gasteiger partial charge in [0.15, 0.2) is 5.78 Å². The molecule has 0 spiro atoms. The lowest BCUT2D eigenvalue weighted by molar-refractivity contribution is 0.0992. The zero-order chi connectivity index (χ0) is 13.0. The van der Waals surface area contributed by atoms with Crippen LogP contribution in [0.25, 0.3) is 0 Å². The predicted octanol–water partition coefficient (Wildman–Crippen LogP) is 2.67. The Kier molecular flexibility index (Phi) is 4.04. The van der Waals surface area contributed by atoms with Crippen LogP contribution in [-0.2, 0) is 6.42 Å². The number of carbonyl (C=O) groups is 1. The van der Waals surface area contributed by atoms with Crippen LogP contribution in [0.15, 0.2) is 41.1 Å². The van der Waals surface area contributed by atoms with E-state index in [1.807, 2.05) is 12.1 Å². The molecular weight excluding hydrogens is 296 g/mol. The summed E-state index contributed by atoms with van der Waals surface area (Å²) < 4.78 is 5.87. The minimum absolute atomic E-state index is 0.0112. The number of ether oxygens (including phenoxy) is 1. The Balaban J connectivity index is 2.16. The van der Waals surface area contributed by atoms with Crippen LogP contribution in [-0.4, -0.2) is 22.9 Å². The highest BCUT2D eigenvalue weighted by atomic mass is 79.9. The molecule has 0 aliphatic carbocycles. The van der Waals surface area contributed by atoms with Gasteiger partial charge in [-0.2, -0.15) is 0 Å². The average molecular weight is 307 g/mol. The summed E-state index contributed by atoms with van der Waals surface area (Å²) in [6, 6.07) is 8.95. The van der Waals surface area contributed by atoms with Crippen molar-refractivity contribution in [3.8, 4) is 5.88 Å². The Hall–Kier alpha value is -1.75. The summed E-state index contributed by atoms with van der Waals surface area (Å²) in [5.41, 5.74) is 1.30. The number of nitrogens with zero attached hydrogens (tertiary/aromatic N) is 2. The zero-order valence-corrected chi connectivity index (χ0v) is 11.3. The van der Waals surface area contributed by atoms with E-state index in [1.54, 1.807) is 18.2 Å². The van der Waals surface area contributed by atoms with E-state index in [0.29, 0.717) is 17.1 Å². The number of halogens is 1. The second-order valence-corrected chi connectivity index (χ2v) is 4.58. The van der Waals surface area contributed by atoms with Crippen molar-refractivity contribution in [3.05, 3.63) is 52.4 Å². The Morgan fingerprint density at radius 2 is 2.17 bits per heavy atom. The molecule has 0 fully saturated rings. The molecule has 2 rings (SSSR count). The van der Waals surface area contributed by atoms with Crippen molar-refractivity contribution in [2.75, 3.05) is 7.11 Å². The van der Waals surface area contributed by atoms with E-state index in [1.165, 1.54) is 13.4 Å². The highest BCUT2D eigenvalue weighted by Gasteiger charge is 2.09. The Morgan fingerprint density at radius 1 is 1.33 bits per heavy atom. The van der Waals surface area contributed by atoms with Gasteiger partial charge in [0.05, 0.1) is 19.2 Å². The van der Waals surface area contributed by atoms with Crippen molar-refractivity contribution in [2.45, 2.75) is 6.42 Å². The van der Waals surface area contributed by atoms with Gasteiger partial charge in [-0.15, -0.1) is 0 Å². The van der Waals surface area contributed by atoms with E-state index in [0.717, 1.165) is 4.47 Å². The molecule has 0 unspecified atom stereocenters. The van der Waals surface area contributed by atoms with Crippen molar-refractivity contribution in [3.63, 3.8) is 0 Å². The van der Waals surface area contributed by atoms with Crippen LogP contribution in [0.5, 0.6) is 5.88 Å². The van der Waals surface area contributed by atoms with E-state index in [2.05, 4.69) is 25.9 Å². The molecule has 4 nitrogen and oxygen atoms in total. The number of carbonyl (C=O) groups excluding carboxylic acids is 1. The molecule has 0 amide bonds. The van der Waals surface area contributed by atoms with Crippen molar-refractivity contribution < 1.29 is 9.53 Å². The molecule has 0 saturated carbocycles. The molecule has 0 radical (unpaired) electrons. The molecule has 5 heteroatoms. The lowest BCUT2D eigenvalue weighted by Gasteiger charge is -2.03. The minimum atomic E-state index is 0.0112. The van der Waals surface area contributed by atoms with Crippen LogP contribution in [0.4, 0.5) is 0 Å². The number of methoxy groups -OCH3 is 1. The van der Waals surface area contributed by atoms with Crippen LogP contribution in [0.2, 0.25) is 0 Å². The number of rotatable bonds is 4. The monoisotopic (exact) mass is 306 g/mol. The topological polar surface area (TPSA) is 52.1 Å². The fourth-order valence-corrected chi connectivity index (χ4v) is 1.91. The second kappa shape index (κ2) is 5.73. The minimum Gasteiger partial charge on any atom is -0.481 e. The number of aromatic nitrogens is 2. The van der Waals surface area contributed by atoms with Gasteiger partial charge in [0, 0.05) is 16.1 Å². The van der Waals surface area contributed by atoms with Crippen LogP contribution in [0.1, 0.15) is 16.1 Å². The Bertz CT molecular complexity index is 572. The molecule has 1 aromatic heterocycles. The largest absolute Gasteiger partial charge is 0.481 e. The summed E-state index contributed by atoms with van der Waals surface area (Å²) in [6.07, 6.45) is 1.62. The fraction of sp³-hybridized carbons (Fsp3) is 0.154. The number of hydrogen-bond donors (Lipinski definition) is 0. The summed E-state index contributed by atoms with van der Waals surface area (Å²) in [5, 5.41) is 0. The van der Waals surface area contributed by atoms with Crippen LogP contribution >= 0.6 is 15.9 Å². The molecule has 0 saturated heterocycles. The van der Waals surface area contributed by atoms with Crippen molar-refractivity contribution in [1.82, 2.24) is 9.97 Å². The lowest BCUT2D eigenvalue weighted by Crippen LogP contribution is -2.05. The van der Waals surface area contributed by atoms with Crippen molar-refractivity contribution in [1.29, 1.82) is 0 Å². The molecule has 0 bridgehead atoms. The van der Waals surface area contributed by atoms with Gasteiger partial charge in [-0.05, 0) is 12.1 Å². The van der Waals surface area contributed by atoms with E-state index in [9.17, 15) is 4.79 Å². The molecule has 0 aliphatic rings. The lowest BCUT2D eigenvalue weighted by atomic mass is 10.1. The SMILES string of the molecule is COc1cc(CC(=O)c2cccc(Br)c2)ncn1. The smallest absolute Gasteiger partial charge is 0.216 e. The normalized spacial score (nSPS) is 10.1. The first-order valence-electron chi connectivity index (χ1n) is 5.32. The summed E-state index contributed by atoms with van der Waals surface area (Å²) in [6.45, 7) is 0. The highest BCUT2D eigenvalue weighted by Crippen LogP contribution is 2.14. The van der Waals surface area contributed by atoms with Crippen LogP contribution in [0.3, 0.4) is 0 Å². The van der Waals surface area contributed by atoms with Crippen LogP contribution in [0, 0.1) is 0 Å². The van der Waals surface area contributed by atoms with Crippen molar-refractivity contribution in [2.24, 2.45) is 0 Å². The molecule has 2 aromatic rings. The number of hydrogen-bond acceptors (Lipinski definition) is 4. The molecule has 92 valence electrons. The Morgan fingerprint density at radius 3 is 2.89 bits per heavy atom. The first-order valence-corrected chi connectivity index (χ1v) is 6.12. The first kappa shape index (κ1) is 12.7. The van der Waals surface area contributed by atoms with E-state index < -0.39 is 0 Å². The summed E-state index contributed by atoms with van der Waals surface area (Å²) in [4.78, 5) is 20.0. The predicted molar refractivity (Wildman–Crippen MR) is 70.8 cm³/mol. The number of benzene rings is 1. The molecule has 18 heavy (non-hydrogen) atoms. The number of ketones is 1. The summed E-state index contributed by atoms with van der Waals surface area (Å²) >= 11 is 3.34. The maximum Gasteiger partial charge on any atom is 0.216 e. The molecule has 1 heterocycles. The van der Waals surface area contributed by atoms with Gasteiger partial charge in [-0.1, -0.05) is 28.1 Å². The third kappa shape index (κ3) is 3.13. The van der Waals surface area contributed by atoms with E-state index >= 15 is 0 Å². The zero-order valence-electron chi connectivity index (χ0n) is 9.76. The van der Waals surface area contributed by atoms with Gasteiger partial charge in [-0.25, -0.2) is 9.97 Å². The summed E-state index contributed by atoms with van der Waals surface area (Å²) in [5.74, 6) is 0.471. The average Bonchev–Trinajstić information content (AvgIpc) is 2.39. The van der Waals surface area contributed by atoms with Crippen molar-refractivity contribution >= 4 is 21.7 Å². The fourth-order valence-electron chi connectivity index (χ4n) is 1.51. The maximum absolute atomic E-state index is 12.0. The molecule has 1 aromatic carbocycles. The quantitative estimate of drug-likeness (QED) is 0.815. The van der Waals surface area contributed by atoms with Gasteiger partial charge in [-0.3, -0.25) is 4.79 Å². The summed E-state index contributed by atoms with van der Waals surface area (Å²) in [7, 11) is 1.53. The Labute approximate surface area is 113 Å². The number of Topliss-reactive ketones (excluding diaryl/α,β-unsaturated/α-hetero) is 1. The van der Waals surface area contributed by atoms with E-state index in [-0.39, 0.29) is 12.2 Å². The molecular formula is C13H11BrN2O2. The standard InChI is InChI=1S/C13H11BrN2O2/c1-18-13-7-11(15-8-16-13)6-12(17)9-3-2-4-10(14)5-9/h2-5,7-8H,6H2,1H3. The third-order valence-electron chi connectivity index (χ3n) is 2.40. The maximum atomic E-state index is 12.0. The van der Waals surface area contributed by atoms with Gasteiger partial charge < -0.3 is 4.74 Å². The second-order valence-electron chi connectivity index (χ2n) is 3.66. The third-order valence-corrected chi connectivity index (χ3v) is 2.89. The first-order chi connectivity index (χ1) is 8.69. The van der Waals surface area contributed by atoms with Gasteiger partial charge in [0.1, 0.15) is 6.33 Å². The van der Waals surface area contributed by atoms with Crippen LogP contribution < -0.4 is 4.74 Å². The molecule has 0 N–H and O–H groups in total. The molecule has 0 aliphatic heterocycles. The van der Waals surface area contributed by atoms with Gasteiger partial charge >= 0.3 is 0 Å². The van der Waals surface area contributed by atoms with E-state index in [4.69, 9.17) is 4.74 Å². The van der Waals surface area contributed by atoms with Gasteiger partial charge in [0.2, 0.25) is 5.88 Å². The highest BCUT2D eigenvalue weighted by molar-refractivity contribution is 9.10. The molecule has 0 atom stereocenters. The van der Waals surface area contributed by atoms with Gasteiger partial charge in [0.25, 0.3) is 0 Å².